The zero-order valence-electron chi connectivity index (χ0n) is 19.0. The standard InChI is InChI=1S/C23H22O.5CO.W/c1-2-3-10-22(20-11-6-4-7-12-20)17-19-15-16-24-23(18-19)21-13-8-5-9-14-21;5*1-2;/h4-9,11-15,17-18H,2-3,10H2,1H3;;;;;;/b22-17+;;;;;;. The second-order valence-corrected chi connectivity index (χ2v) is 7.52. The molecule has 0 fully saturated rings. The third-order valence-corrected chi connectivity index (χ3v) is 4.86. The first-order valence-electron chi connectivity index (χ1n) is 9.75. The van der Waals surface area contributed by atoms with Gasteiger partial charge in [0.2, 0.25) is 0 Å². The summed E-state index contributed by atoms with van der Waals surface area (Å²) in [5, 5.41) is 0. The number of benzene rings is 2. The van der Waals surface area contributed by atoms with Gasteiger partial charge in [-0.25, -0.2) is 0 Å². The summed E-state index contributed by atoms with van der Waals surface area (Å²) < 4.78 is 44.5. The van der Waals surface area contributed by atoms with Gasteiger partial charge < -0.3 is 0 Å². The Morgan fingerprint density at radius 1 is 0.771 bits per heavy atom. The summed E-state index contributed by atoms with van der Waals surface area (Å²) >= 11 is 1.34. The number of hydrogen-bond acceptors (Lipinski definition) is 1. The van der Waals surface area contributed by atoms with E-state index in [1.807, 2.05) is 18.2 Å². The topological polar surface area (TPSA) is 113 Å². The molecule has 7 heteroatoms. The molecule has 0 radical (unpaired) electrons. The molecule has 0 atom stereocenters. The van der Waals surface area contributed by atoms with Crippen LogP contribution in [0.15, 0.2) is 77.2 Å². The quantitative estimate of drug-likeness (QED) is 0.221. The van der Waals surface area contributed by atoms with Crippen molar-refractivity contribution in [2.24, 2.45) is 0 Å². The van der Waals surface area contributed by atoms with Crippen LogP contribution < -0.4 is 0 Å². The van der Waals surface area contributed by atoms with Crippen molar-refractivity contribution >= 4 is 11.6 Å². The Bertz CT molecular complexity index is 1090. The minimum absolute atomic E-state index is 0.933. The molecule has 2 aromatic carbocycles. The molecule has 1 aromatic heterocycles. The zero-order chi connectivity index (χ0) is 27.5. The summed E-state index contributed by atoms with van der Waals surface area (Å²) in [6.07, 6.45) is 5.82. The number of hydrogen-bond donors (Lipinski definition) is 0. The van der Waals surface area contributed by atoms with Crippen molar-refractivity contribution in [1.82, 2.24) is 0 Å². The number of rotatable bonds is 6. The zero-order valence-corrected chi connectivity index (χ0v) is 21.9. The predicted molar refractivity (Wildman–Crippen MR) is 121 cm³/mol. The Kier molecular flexibility index (Phi) is 28.0. The van der Waals surface area contributed by atoms with Crippen molar-refractivity contribution in [1.29, 1.82) is 0 Å². The normalized spacial score (nSPS) is 8.49. The van der Waals surface area contributed by atoms with Gasteiger partial charge in [-0.1, -0.05) is 0 Å². The Balaban J connectivity index is -0.000000912. The fraction of sp³-hybridized carbons (Fsp3) is 0.143. The van der Waals surface area contributed by atoms with Crippen LogP contribution in [0.25, 0.3) is 23.0 Å². The summed E-state index contributed by atoms with van der Waals surface area (Å²) in [4.78, 5) is 0. The molecule has 0 aliphatic rings. The van der Waals surface area contributed by atoms with Gasteiger partial charge in [0.25, 0.3) is 0 Å². The molecular weight excluding hydrogens is 616 g/mol. The van der Waals surface area contributed by atoms with E-state index in [0.717, 1.165) is 21.5 Å². The molecule has 3 aromatic rings. The summed E-state index contributed by atoms with van der Waals surface area (Å²) in [7, 11) is 0. The van der Waals surface area contributed by atoms with Gasteiger partial charge >= 0.3 is 217 Å². The average Bonchev–Trinajstić information content (AvgIpc) is 2.97. The monoisotopic (exact) mass is 638 g/mol. The van der Waals surface area contributed by atoms with Crippen molar-refractivity contribution in [2.45, 2.75) is 26.2 Å². The first kappa shape index (κ1) is 36.3. The van der Waals surface area contributed by atoms with Crippen LogP contribution >= 0.6 is 0 Å². The van der Waals surface area contributed by atoms with Crippen LogP contribution in [-0.2, 0) is 42.6 Å². The van der Waals surface area contributed by atoms with Gasteiger partial charge in [0, 0.05) is 0 Å². The SMILES string of the molecule is CCCC/C(=C\c1cc(-c2ccccc2)o[c](=[W])c1)c1ccccc1.[C-]#[O+].[C-]#[O+].[C-]#[O+].[C-]#[O+].[C-]#[O+]. The van der Waals surface area contributed by atoms with E-state index < -0.39 is 0 Å². The molecule has 0 bridgehead atoms. The van der Waals surface area contributed by atoms with Crippen LogP contribution in [0.1, 0.15) is 37.3 Å². The molecule has 6 nitrogen and oxygen atoms in total. The van der Waals surface area contributed by atoms with E-state index >= 15 is 0 Å². The molecule has 0 saturated carbocycles. The van der Waals surface area contributed by atoms with Gasteiger partial charge in [-0.05, 0) is 0 Å². The van der Waals surface area contributed by atoms with Gasteiger partial charge in [-0.2, -0.15) is 0 Å². The second kappa shape index (κ2) is 27.0. The van der Waals surface area contributed by atoms with E-state index in [1.54, 1.807) is 0 Å². The summed E-state index contributed by atoms with van der Waals surface area (Å²) in [6, 6.07) is 25.3. The van der Waals surface area contributed by atoms with Gasteiger partial charge in [-0.15, -0.1) is 0 Å². The Morgan fingerprint density at radius 3 is 1.74 bits per heavy atom. The molecule has 0 N–H and O–H groups in total. The Hall–Kier alpha value is -3.28. The fourth-order valence-corrected chi connectivity index (χ4v) is 3.66. The Labute approximate surface area is 216 Å². The Morgan fingerprint density at radius 2 is 1.26 bits per heavy atom. The van der Waals surface area contributed by atoms with Crippen LogP contribution in [0.3, 0.4) is 0 Å². The van der Waals surface area contributed by atoms with Gasteiger partial charge in [-0.3, -0.25) is 0 Å². The van der Waals surface area contributed by atoms with Crippen LogP contribution in [-0.4, -0.2) is 0 Å². The fourth-order valence-electron chi connectivity index (χ4n) is 2.84. The van der Waals surface area contributed by atoms with Crippen molar-refractivity contribution in [3.63, 3.8) is 0 Å². The predicted octanol–water partition coefficient (Wildman–Crippen LogP) is 6.57. The summed E-state index contributed by atoms with van der Waals surface area (Å²) in [5.41, 5.74) is 5.03. The molecule has 0 amide bonds. The molecule has 0 aliphatic carbocycles. The van der Waals surface area contributed by atoms with Crippen LogP contribution in [0.2, 0.25) is 0 Å². The van der Waals surface area contributed by atoms with Gasteiger partial charge in [0.15, 0.2) is 0 Å². The van der Waals surface area contributed by atoms with Crippen molar-refractivity contribution in [3.8, 4) is 11.3 Å². The first-order chi connectivity index (χ1) is 17.3. The molecule has 0 unspecified atom stereocenters. The molecule has 176 valence electrons. The number of allylic oxidation sites excluding steroid dienone is 1. The van der Waals surface area contributed by atoms with Crippen molar-refractivity contribution in [3.05, 3.63) is 121 Å². The molecule has 3 rings (SSSR count). The van der Waals surface area contributed by atoms with Crippen LogP contribution in [0.5, 0.6) is 0 Å². The summed E-state index contributed by atoms with van der Waals surface area (Å²) in [5.74, 6) is 0.933. The van der Waals surface area contributed by atoms with Crippen molar-refractivity contribution in [2.75, 3.05) is 0 Å². The average molecular weight is 638 g/mol. The van der Waals surface area contributed by atoms with E-state index in [9.17, 15) is 0 Å². The van der Waals surface area contributed by atoms with E-state index in [0.29, 0.717) is 0 Å². The first-order valence-corrected chi connectivity index (χ1v) is 11.2. The number of unbranched alkanes of at least 4 members (excludes halogenated alkanes) is 1. The van der Waals surface area contributed by atoms with Crippen LogP contribution in [0, 0.1) is 37.0 Å². The molecule has 1 heterocycles. The molecule has 35 heavy (non-hydrogen) atoms. The van der Waals surface area contributed by atoms with Crippen molar-refractivity contribution < 1.29 is 47.0 Å². The van der Waals surface area contributed by atoms with Gasteiger partial charge in [0.1, 0.15) is 0 Å². The maximum absolute atomic E-state index is 7.50. The van der Waals surface area contributed by atoms with E-state index in [4.69, 9.17) is 27.7 Å². The molecule has 0 saturated heterocycles. The van der Waals surface area contributed by atoms with E-state index in [2.05, 4.69) is 101 Å². The molecule has 0 aliphatic heterocycles. The van der Waals surface area contributed by atoms with E-state index in [-0.39, 0.29) is 0 Å². The summed E-state index contributed by atoms with van der Waals surface area (Å²) in [6.45, 7) is 24.7. The third-order valence-electron chi connectivity index (χ3n) is 4.14. The molecule has 0 spiro atoms. The molecular formula is C28H22O6W. The minimum atomic E-state index is 0.933. The van der Waals surface area contributed by atoms with E-state index in [1.165, 1.54) is 48.9 Å². The van der Waals surface area contributed by atoms with Gasteiger partial charge in [0.05, 0.1) is 0 Å². The second-order valence-electron chi connectivity index (χ2n) is 6.08. The van der Waals surface area contributed by atoms with Crippen LogP contribution in [0.4, 0.5) is 0 Å². The third kappa shape index (κ3) is 15.3. The maximum atomic E-state index is 7.50.